The highest BCUT2D eigenvalue weighted by atomic mass is 19.1. The predicted molar refractivity (Wildman–Crippen MR) is 162 cm³/mol. The van der Waals surface area contributed by atoms with Gasteiger partial charge in [-0.25, -0.2) is 14.0 Å². The van der Waals surface area contributed by atoms with E-state index in [1.807, 2.05) is 6.92 Å². The number of rotatable bonds is 18. The zero-order valence-corrected chi connectivity index (χ0v) is 25.7. The van der Waals surface area contributed by atoms with E-state index in [0.29, 0.717) is 25.6 Å². The van der Waals surface area contributed by atoms with Gasteiger partial charge in [-0.2, -0.15) is 0 Å². The summed E-state index contributed by atoms with van der Waals surface area (Å²) in [6.45, 7) is 7.66. The SMILES string of the molecule is CCCCCCCCC1COC(c2ccc(C(=O)Oc3ccc(C(=O)OC(CC)CCCCCC)cc3F)cc2)OC1. The molecular weight excluding hydrogens is 535 g/mol. The summed E-state index contributed by atoms with van der Waals surface area (Å²) in [7, 11) is 0. The lowest BCUT2D eigenvalue weighted by atomic mass is 10.0. The molecule has 0 bridgehead atoms. The molecule has 0 spiro atoms. The van der Waals surface area contributed by atoms with Crippen molar-refractivity contribution in [3.63, 3.8) is 0 Å². The Morgan fingerprint density at radius 3 is 2.07 bits per heavy atom. The summed E-state index contributed by atoms with van der Waals surface area (Å²) in [5, 5.41) is 0. The number of benzene rings is 2. The van der Waals surface area contributed by atoms with Crippen LogP contribution < -0.4 is 4.74 Å². The van der Waals surface area contributed by atoms with Gasteiger partial charge in [0.25, 0.3) is 0 Å². The highest BCUT2D eigenvalue weighted by Crippen LogP contribution is 2.28. The van der Waals surface area contributed by atoms with Crippen LogP contribution in [0.3, 0.4) is 0 Å². The van der Waals surface area contributed by atoms with Crippen LogP contribution in [0.5, 0.6) is 5.75 Å². The molecule has 3 rings (SSSR count). The molecule has 2 aromatic carbocycles. The second kappa shape index (κ2) is 18.7. The number of carbonyl (C=O) groups excluding carboxylic acids is 2. The quantitative estimate of drug-likeness (QED) is 0.0988. The lowest BCUT2D eigenvalue weighted by molar-refractivity contribution is -0.206. The zero-order chi connectivity index (χ0) is 30.2. The minimum absolute atomic E-state index is 0.0883. The van der Waals surface area contributed by atoms with Gasteiger partial charge in [0.15, 0.2) is 17.9 Å². The lowest BCUT2D eigenvalue weighted by Gasteiger charge is -2.29. The van der Waals surface area contributed by atoms with E-state index >= 15 is 0 Å². The van der Waals surface area contributed by atoms with Crippen molar-refractivity contribution < 1.29 is 32.9 Å². The van der Waals surface area contributed by atoms with Crippen LogP contribution in [0.2, 0.25) is 0 Å². The summed E-state index contributed by atoms with van der Waals surface area (Å²) in [4.78, 5) is 25.3. The van der Waals surface area contributed by atoms with Crippen molar-refractivity contribution in [2.75, 3.05) is 13.2 Å². The van der Waals surface area contributed by atoms with E-state index < -0.39 is 24.0 Å². The maximum absolute atomic E-state index is 14.8. The number of unbranched alkanes of at least 4 members (excludes halogenated alkanes) is 8. The number of hydrogen-bond donors (Lipinski definition) is 0. The lowest BCUT2D eigenvalue weighted by Crippen LogP contribution is -2.27. The van der Waals surface area contributed by atoms with Gasteiger partial charge >= 0.3 is 11.9 Å². The van der Waals surface area contributed by atoms with Gasteiger partial charge in [-0.3, -0.25) is 0 Å². The van der Waals surface area contributed by atoms with Gasteiger partial charge in [0.05, 0.1) is 24.3 Å². The highest BCUT2D eigenvalue weighted by molar-refractivity contribution is 5.92. The first-order valence-electron chi connectivity index (χ1n) is 16.0. The molecule has 2 aromatic rings. The molecule has 1 aliphatic heterocycles. The molecule has 1 atom stereocenters. The molecule has 0 N–H and O–H groups in total. The van der Waals surface area contributed by atoms with Gasteiger partial charge < -0.3 is 18.9 Å². The maximum atomic E-state index is 14.8. The number of ether oxygens (including phenoxy) is 4. The van der Waals surface area contributed by atoms with Crippen molar-refractivity contribution in [1.82, 2.24) is 0 Å². The largest absolute Gasteiger partial charge is 0.459 e. The van der Waals surface area contributed by atoms with Crippen molar-refractivity contribution in [2.24, 2.45) is 5.92 Å². The van der Waals surface area contributed by atoms with E-state index in [2.05, 4.69) is 13.8 Å². The second-order valence-corrected chi connectivity index (χ2v) is 11.4. The van der Waals surface area contributed by atoms with Crippen molar-refractivity contribution in [3.05, 3.63) is 65.0 Å². The van der Waals surface area contributed by atoms with Crippen molar-refractivity contribution in [2.45, 2.75) is 117 Å². The Morgan fingerprint density at radius 2 is 1.43 bits per heavy atom. The fourth-order valence-corrected chi connectivity index (χ4v) is 5.13. The van der Waals surface area contributed by atoms with Crippen molar-refractivity contribution in [3.8, 4) is 5.75 Å². The van der Waals surface area contributed by atoms with Crippen LogP contribution >= 0.6 is 0 Å². The van der Waals surface area contributed by atoms with Crippen LogP contribution in [0.1, 0.15) is 137 Å². The highest BCUT2D eigenvalue weighted by Gasteiger charge is 2.24. The normalized spacial score (nSPS) is 17.5. The third kappa shape index (κ3) is 11.1. The van der Waals surface area contributed by atoms with Crippen molar-refractivity contribution >= 4 is 11.9 Å². The molecule has 0 saturated carbocycles. The Morgan fingerprint density at radius 1 is 0.810 bits per heavy atom. The fourth-order valence-electron chi connectivity index (χ4n) is 5.13. The first-order valence-corrected chi connectivity index (χ1v) is 16.0. The number of halogens is 1. The van der Waals surface area contributed by atoms with Gasteiger partial charge in [0, 0.05) is 11.5 Å². The Kier molecular flexibility index (Phi) is 15.0. The minimum atomic E-state index is -0.801. The first kappa shape index (κ1) is 33.7. The monoisotopic (exact) mass is 584 g/mol. The standard InChI is InChI=1S/C35H49FO6/c1-4-7-9-11-12-13-15-26-24-39-35(40-25-26)28-19-17-27(18-20-28)33(37)42-32-22-21-29(23-31(32)36)34(38)41-30(6-3)16-14-10-8-5-2/h17-23,26,30,35H,4-16,24-25H2,1-3H3. The molecule has 1 saturated heterocycles. The Hall–Kier alpha value is -2.77. The molecule has 6 nitrogen and oxygen atoms in total. The molecule has 7 heteroatoms. The molecule has 1 unspecified atom stereocenters. The smallest absolute Gasteiger partial charge is 0.343 e. The van der Waals surface area contributed by atoms with E-state index in [-0.39, 0.29) is 23.0 Å². The molecule has 1 heterocycles. The average Bonchev–Trinajstić information content (AvgIpc) is 3.01. The summed E-state index contributed by atoms with van der Waals surface area (Å²) in [5.41, 5.74) is 1.17. The topological polar surface area (TPSA) is 71.1 Å². The molecular formula is C35H49FO6. The van der Waals surface area contributed by atoms with E-state index in [1.54, 1.807) is 24.3 Å². The van der Waals surface area contributed by atoms with Gasteiger partial charge in [-0.15, -0.1) is 0 Å². The Bertz CT molecular complexity index is 1080. The minimum Gasteiger partial charge on any atom is -0.459 e. The second-order valence-electron chi connectivity index (χ2n) is 11.4. The van der Waals surface area contributed by atoms with E-state index in [4.69, 9.17) is 18.9 Å². The average molecular weight is 585 g/mol. The maximum Gasteiger partial charge on any atom is 0.343 e. The van der Waals surface area contributed by atoms with Crippen LogP contribution in [0.15, 0.2) is 42.5 Å². The molecule has 1 fully saturated rings. The van der Waals surface area contributed by atoms with E-state index in [9.17, 15) is 14.0 Å². The molecule has 42 heavy (non-hydrogen) atoms. The van der Waals surface area contributed by atoms with Crippen LogP contribution in [-0.2, 0) is 14.2 Å². The zero-order valence-electron chi connectivity index (χ0n) is 25.7. The van der Waals surface area contributed by atoms with Crippen LogP contribution in [0.25, 0.3) is 0 Å². The first-order chi connectivity index (χ1) is 20.4. The van der Waals surface area contributed by atoms with Gasteiger partial charge in [-0.05, 0) is 56.0 Å². The van der Waals surface area contributed by atoms with Gasteiger partial charge in [0.1, 0.15) is 6.10 Å². The summed E-state index contributed by atoms with van der Waals surface area (Å²) >= 11 is 0. The summed E-state index contributed by atoms with van der Waals surface area (Å²) in [6.07, 6.45) is 14.0. The summed E-state index contributed by atoms with van der Waals surface area (Å²) in [5.74, 6) is -1.91. The molecule has 0 amide bonds. The number of carbonyl (C=O) groups is 2. The van der Waals surface area contributed by atoms with Gasteiger partial charge in [-0.1, -0.05) is 90.7 Å². The molecule has 1 aliphatic rings. The number of esters is 2. The van der Waals surface area contributed by atoms with Crippen molar-refractivity contribution in [1.29, 1.82) is 0 Å². The Labute approximate surface area is 251 Å². The third-order valence-electron chi connectivity index (χ3n) is 7.83. The van der Waals surface area contributed by atoms with Crippen LogP contribution in [-0.4, -0.2) is 31.3 Å². The number of hydrogen-bond acceptors (Lipinski definition) is 6. The predicted octanol–water partition coefficient (Wildman–Crippen LogP) is 9.36. The molecule has 0 aromatic heterocycles. The Balaban J connectivity index is 1.45. The fraction of sp³-hybridized carbons (Fsp3) is 0.600. The van der Waals surface area contributed by atoms with E-state index in [0.717, 1.165) is 50.2 Å². The van der Waals surface area contributed by atoms with Crippen LogP contribution in [0, 0.1) is 11.7 Å². The third-order valence-corrected chi connectivity index (χ3v) is 7.83. The summed E-state index contributed by atoms with van der Waals surface area (Å²) < 4.78 is 37.5. The molecule has 232 valence electrons. The molecule has 0 aliphatic carbocycles. The summed E-state index contributed by atoms with van der Waals surface area (Å²) in [6, 6.07) is 10.5. The van der Waals surface area contributed by atoms with Crippen LogP contribution in [0.4, 0.5) is 4.39 Å². The molecule has 0 radical (unpaired) electrons. The van der Waals surface area contributed by atoms with E-state index in [1.165, 1.54) is 50.7 Å². The van der Waals surface area contributed by atoms with Gasteiger partial charge in [0.2, 0.25) is 0 Å².